The molecule has 0 spiro atoms. The lowest BCUT2D eigenvalue weighted by Crippen LogP contribution is -2.44. The number of nitrogens with zero attached hydrogens (tertiary/aromatic N) is 2. The van der Waals surface area contributed by atoms with Gasteiger partial charge in [-0.3, -0.25) is 24.6 Å². The molecule has 8 heteroatoms. The molecule has 31 heavy (non-hydrogen) atoms. The Hall–Kier alpha value is -3.06. The van der Waals surface area contributed by atoms with Crippen LogP contribution in [0.2, 0.25) is 5.02 Å². The molecule has 0 bridgehead atoms. The molecule has 1 aliphatic carbocycles. The second-order valence-electron chi connectivity index (χ2n) is 8.73. The predicted octanol–water partition coefficient (Wildman–Crippen LogP) is 5.55. The third kappa shape index (κ3) is 3.85. The van der Waals surface area contributed by atoms with Crippen molar-refractivity contribution in [2.45, 2.75) is 39.0 Å². The van der Waals surface area contributed by atoms with E-state index in [1.807, 2.05) is 13.8 Å². The zero-order valence-electron chi connectivity index (χ0n) is 17.0. The molecule has 2 aromatic carbocycles. The Morgan fingerprint density at radius 3 is 2.45 bits per heavy atom. The summed E-state index contributed by atoms with van der Waals surface area (Å²) < 4.78 is 13.4. The van der Waals surface area contributed by atoms with Crippen LogP contribution in [0.3, 0.4) is 0 Å². The van der Waals surface area contributed by atoms with Crippen LogP contribution in [0.15, 0.2) is 53.7 Å². The molecule has 1 heterocycles. The standard InChI is InChI=1S/C23H20ClFN2O4/c1-23(2)11-19-22(20(28)12-23)16(13-3-6-15(25)7-4-13)10-21(29)26(19)17-8-5-14(24)9-18(17)27(30)31/h3-9,16H,10-12H2,1-2H3. The van der Waals surface area contributed by atoms with Crippen LogP contribution in [0.25, 0.3) is 0 Å². The van der Waals surface area contributed by atoms with E-state index in [9.17, 15) is 24.1 Å². The molecule has 0 saturated carbocycles. The molecule has 6 nitrogen and oxygen atoms in total. The number of Topliss-reactive ketones (excluding diaryl/α,β-unsaturated/α-hetero) is 1. The molecule has 0 saturated heterocycles. The Labute approximate surface area is 183 Å². The number of rotatable bonds is 3. The maximum Gasteiger partial charge on any atom is 0.294 e. The topological polar surface area (TPSA) is 80.5 Å². The first-order chi connectivity index (χ1) is 14.6. The predicted molar refractivity (Wildman–Crippen MR) is 114 cm³/mol. The van der Waals surface area contributed by atoms with Gasteiger partial charge in [-0.1, -0.05) is 37.6 Å². The third-order valence-electron chi connectivity index (χ3n) is 5.79. The minimum atomic E-state index is -0.587. The number of hydrogen-bond donors (Lipinski definition) is 0. The number of ketones is 1. The van der Waals surface area contributed by atoms with Gasteiger partial charge in [0.05, 0.1) is 4.92 Å². The fourth-order valence-corrected chi connectivity index (χ4v) is 4.67. The van der Waals surface area contributed by atoms with Crippen molar-refractivity contribution in [1.29, 1.82) is 0 Å². The summed E-state index contributed by atoms with van der Waals surface area (Å²) in [5, 5.41) is 11.9. The number of allylic oxidation sites excluding steroid dienone is 2. The monoisotopic (exact) mass is 442 g/mol. The molecule has 2 aromatic rings. The van der Waals surface area contributed by atoms with Crippen molar-refractivity contribution >= 4 is 34.7 Å². The summed E-state index contributed by atoms with van der Waals surface area (Å²) in [6.07, 6.45) is 0.655. The molecular weight excluding hydrogens is 423 g/mol. The molecule has 1 unspecified atom stereocenters. The number of halogens is 2. The van der Waals surface area contributed by atoms with Crippen molar-refractivity contribution in [1.82, 2.24) is 0 Å². The van der Waals surface area contributed by atoms with Crippen LogP contribution < -0.4 is 4.90 Å². The third-order valence-corrected chi connectivity index (χ3v) is 6.03. The number of amides is 1. The van der Waals surface area contributed by atoms with E-state index in [-0.39, 0.29) is 34.5 Å². The summed E-state index contributed by atoms with van der Waals surface area (Å²) in [5.74, 6) is -1.39. The molecule has 1 atom stereocenters. The van der Waals surface area contributed by atoms with Gasteiger partial charge >= 0.3 is 0 Å². The molecule has 160 valence electrons. The minimum absolute atomic E-state index is 0.0452. The number of nitro benzene ring substituents is 1. The number of hydrogen-bond acceptors (Lipinski definition) is 4. The summed E-state index contributed by atoms with van der Waals surface area (Å²) in [7, 11) is 0. The zero-order valence-corrected chi connectivity index (χ0v) is 17.8. The summed E-state index contributed by atoms with van der Waals surface area (Å²) in [6, 6.07) is 9.87. The van der Waals surface area contributed by atoms with Crippen LogP contribution in [0.4, 0.5) is 15.8 Å². The second-order valence-corrected chi connectivity index (χ2v) is 9.17. The summed E-state index contributed by atoms with van der Waals surface area (Å²) in [4.78, 5) is 39.0. The van der Waals surface area contributed by atoms with Crippen molar-refractivity contribution in [3.8, 4) is 0 Å². The van der Waals surface area contributed by atoms with E-state index in [0.29, 0.717) is 29.7 Å². The lowest BCUT2D eigenvalue weighted by atomic mass is 9.69. The number of benzene rings is 2. The number of nitro groups is 1. The molecular formula is C23H20ClFN2O4. The normalized spacial score (nSPS) is 20.6. The van der Waals surface area contributed by atoms with Crippen molar-refractivity contribution in [2.24, 2.45) is 5.41 Å². The van der Waals surface area contributed by atoms with Gasteiger partial charge in [0, 0.05) is 41.1 Å². The smallest absolute Gasteiger partial charge is 0.294 e. The van der Waals surface area contributed by atoms with Crippen LogP contribution >= 0.6 is 11.6 Å². The summed E-state index contributed by atoms with van der Waals surface area (Å²) in [6.45, 7) is 3.85. The van der Waals surface area contributed by atoms with Crippen LogP contribution in [-0.2, 0) is 9.59 Å². The Morgan fingerprint density at radius 1 is 1.13 bits per heavy atom. The molecule has 0 fully saturated rings. The lowest BCUT2D eigenvalue weighted by Gasteiger charge is -2.42. The van der Waals surface area contributed by atoms with E-state index < -0.39 is 22.1 Å². The van der Waals surface area contributed by atoms with Gasteiger partial charge in [-0.05, 0) is 41.7 Å². The van der Waals surface area contributed by atoms with E-state index in [1.165, 1.54) is 35.2 Å². The highest BCUT2D eigenvalue weighted by Crippen LogP contribution is 2.49. The Morgan fingerprint density at radius 2 is 1.81 bits per heavy atom. The molecule has 0 aromatic heterocycles. The van der Waals surface area contributed by atoms with Crippen molar-refractivity contribution < 1.29 is 18.9 Å². The van der Waals surface area contributed by atoms with Crippen molar-refractivity contribution in [3.05, 3.63) is 80.3 Å². The average Bonchev–Trinajstić information content (AvgIpc) is 2.67. The first kappa shape index (κ1) is 21.2. The van der Waals surface area contributed by atoms with E-state index >= 15 is 0 Å². The van der Waals surface area contributed by atoms with E-state index in [1.54, 1.807) is 12.1 Å². The van der Waals surface area contributed by atoms with Gasteiger partial charge in [-0.2, -0.15) is 0 Å². The minimum Gasteiger partial charge on any atom is -0.294 e. The maximum atomic E-state index is 13.4. The second kappa shape index (κ2) is 7.57. The quantitative estimate of drug-likeness (QED) is 0.461. The summed E-state index contributed by atoms with van der Waals surface area (Å²) in [5.41, 5.74) is 0.978. The molecule has 1 aliphatic heterocycles. The fraction of sp³-hybridized carbons (Fsp3) is 0.304. The number of carbonyl (C=O) groups is 2. The largest absolute Gasteiger partial charge is 0.294 e. The van der Waals surface area contributed by atoms with Gasteiger partial charge in [-0.15, -0.1) is 0 Å². The fourth-order valence-electron chi connectivity index (χ4n) is 4.51. The first-order valence-corrected chi connectivity index (χ1v) is 10.2. The van der Waals surface area contributed by atoms with Gasteiger partial charge in [-0.25, -0.2) is 4.39 Å². The van der Waals surface area contributed by atoms with E-state index in [4.69, 9.17) is 11.6 Å². The maximum absolute atomic E-state index is 13.4. The number of anilines is 1. The summed E-state index contributed by atoms with van der Waals surface area (Å²) >= 11 is 5.95. The average molecular weight is 443 g/mol. The molecule has 2 aliphatic rings. The Kier molecular flexibility index (Phi) is 5.17. The van der Waals surface area contributed by atoms with Gasteiger partial charge < -0.3 is 0 Å². The van der Waals surface area contributed by atoms with Gasteiger partial charge in [0.2, 0.25) is 5.91 Å². The van der Waals surface area contributed by atoms with Crippen molar-refractivity contribution in [2.75, 3.05) is 4.90 Å². The number of carbonyl (C=O) groups excluding carboxylic acids is 2. The molecule has 1 amide bonds. The Balaban J connectivity index is 1.94. The van der Waals surface area contributed by atoms with Crippen LogP contribution in [0, 0.1) is 21.3 Å². The highest BCUT2D eigenvalue weighted by molar-refractivity contribution is 6.31. The first-order valence-electron chi connectivity index (χ1n) is 9.86. The van der Waals surface area contributed by atoms with Gasteiger partial charge in [0.1, 0.15) is 11.5 Å². The SMILES string of the molecule is CC1(C)CC(=O)C2=C(C1)N(c1ccc(Cl)cc1[N+](=O)[O-])C(=O)CC2c1ccc(F)cc1. The zero-order chi connectivity index (χ0) is 22.5. The molecule has 0 radical (unpaired) electrons. The van der Waals surface area contributed by atoms with E-state index in [0.717, 1.165) is 0 Å². The van der Waals surface area contributed by atoms with Crippen molar-refractivity contribution in [3.63, 3.8) is 0 Å². The Bertz CT molecular complexity index is 1140. The van der Waals surface area contributed by atoms with Gasteiger partial charge in [0.25, 0.3) is 5.69 Å². The lowest BCUT2D eigenvalue weighted by molar-refractivity contribution is -0.384. The van der Waals surface area contributed by atoms with Crippen LogP contribution in [0.1, 0.15) is 44.6 Å². The van der Waals surface area contributed by atoms with E-state index in [2.05, 4.69) is 0 Å². The molecule has 4 rings (SSSR count). The molecule has 0 N–H and O–H groups in total. The van der Waals surface area contributed by atoms with Crippen LogP contribution in [0.5, 0.6) is 0 Å². The highest BCUT2D eigenvalue weighted by Gasteiger charge is 2.45. The van der Waals surface area contributed by atoms with Crippen LogP contribution in [-0.4, -0.2) is 16.6 Å². The van der Waals surface area contributed by atoms with Gasteiger partial charge in [0.15, 0.2) is 5.78 Å². The highest BCUT2D eigenvalue weighted by atomic mass is 35.5.